The van der Waals surface area contributed by atoms with Crippen LogP contribution in [0, 0.1) is 5.82 Å². The molecule has 0 spiro atoms. The highest BCUT2D eigenvalue weighted by Gasteiger charge is 2.48. The number of benzene rings is 1. The van der Waals surface area contributed by atoms with Crippen LogP contribution < -0.4 is 10.5 Å². The van der Waals surface area contributed by atoms with E-state index in [1.54, 1.807) is 19.1 Å². The van der Waals surface area contributed by atoms with E-state index >= 15 is 0 Å². The van der Waals surface area contributed by atoms with Gasteiger partial charge < -0.3 is 10.5 Å². The number of hydrogen-bond donors (Lipinski definition) is 1. The lowest BCUT2D eigenvalue weighted by molar-refractivity contribution is -0.184. The Bertz CT molecular complexity index is 1380. The molecule has 1 unspecified atom stereocenters. The molecule has 11 heteroatoms. The fourth-order valence-corrected chi connectivity index (χ4v) is 4.54. The van der Waals surface area contributed by atoms with Crippen molar-refractivity contribution in [3.8, 4) is 17.3 Å². The molecule has 0 radical (unpaired) electrons. The van der Waals surface area contributed by atoms with Crippen LogP contribution in [0.3, 0.4) is 0 Å². The van der Waals surface area contributed by atoms with Gasteiger partial charge in [-0.25, -0.2) is 9.37 Å². The first-order valence-corrected chi connectivity index (χ1v) is 10.6. The molecule has 0 amide bonds. The number of likely N-dealkylation sites (tertiary alicyclic amines) is 1. The average Bonchev–Trinajstić information content (AvgIpc) is 3.34. The van der Waals surface area contributed by atoms with E-state index in [2.05, 4.69) is 15.2 Å². The molecule has 1 aliphatic heterocycles. The maximum atomic E-state index is 14.2. The van der Waals surface area contributed by atoms with E-state index in [-0.39, 0.29) is 30.2 Å². The summed E-state index contributed by atoms with van der Waals surface area (Å²) in [5.74, 6) is 0.0312. The Hall–Kier alpha value is -3.31. The van der Waals surface area contributed by atoms with Gasteiger partial charge >= 0.3 is 6.18 Å². The second-order valence-electron chi connectivity index (χ2n) is 8.91. The van der Waals surface area contributed by atoms with Crippen LogP contribution in [-0.4, -0.2) is 56.4 Å². The summed E-state index contributed by atoms with van der Waals surface area (Å²) in [6.45, 7) is 2.13. The van der Waals surface area contributed by atoms with Crippen LogP contribution >= 0.6 is 0 Å². The zero-order chi connectivity index (χ0) is 24.3. The van der Waals surface area contributed by atoms with Gasteiger partial charge in [0.2, 0.25) is 0 Å². The Kier molecular flexibility index (Phi) is 5.21. The molecule has 2 N–H and O–H groups in total. The van der Waals surface area contributed by atoms with Gasteiger partial charge in [-0.2, -0.15) is 13.2 Å². The molecule has 1 aliphatic rings. The van der Waals surface area contributed by atoms with E-state index in [0.29, 0.717) is 28.7 Å². The third-order valence-electron chi connectivity index (χ3n) is 6.12. The first-order valence-electron chi connectivity index (χ1n) is 10.6. The standard InChI is InChI=1S/C23H22F4N6O/c1-22(28)7-8-32(12-22)20(23(25,26)27)14-4-6-18-30-31-21(33(18)11-14)16-5-3-13-9-15(24)10-17(34-2)19(13)29-16/h3-6,9-11,20H,7-8,12,28H2,1-2H3/t20-,22?/m0/s1. The van der Waals surface area contributed by atoms with Crippen LogP contribution in [0.5, 0.6) is 5.75 Å². The summed E-state index contributed by atoms with van der Waals surface area (Å²) in [6, 6.07) is 6.91. The summed E-state index contributed by atoms with van der Waals surface area (Å²) >= 11 is 0. The number of fused-ring (bicyclic) bond motifs is 2. The lowest BCUT2D eigenvalue weighted by Crippen LogP contribution is -2.43. The van der Waals surface area contributed by atoms with Gasteiger partial charge in [0, 0.05) is 36.3 Å². The first kappa shape index (κ1) is 22.5. The summed E-state index contributed by atoms with van der Waals surface area (Å²) < 4.78 is 63.1. The minimum atomic E-state index is -4.50. The largest absolute Gasteiger partial charge is 0.494 e. The molecule has 1 aromatic carbocycles. The Morgan fingerprint density at radius 1 is 1.15 bits per heavy atom. The van der Waals surface area contributed by atoms with E-state index < -0.39 is 23.6 Å². The molecule has 7 nitrogen and oxygen atoms in total. The molecule has 178 valence electrons. The van der Waals surface area contributed by atoms with Crippen molar-refractivity contribution in [3.05, 3.63) is 54.0 Å². The monoisotopic (exact) mass is 474 g/mol. The number of halogens is 4. The summed E-state index contributed by atoms with van der Waals surface area (Å²) in [5.41, 5.74) is 6.62. The predicted molar refractivity (Wildman–Crippen MR) is 118 cm³/mol. The Labute approximate surface area is 192 Å². The van der Waals surface area contributed by atoms with Gasteiger partial charge in [0.05, 0.1) is 7.11 Å². The molecule has 1 fully saturated rings. The van der Waals surface area contributed by atoms with Crippen molar-refractivity contribution in [2.45, 2.75) is 31.1 Å². The van der Waals surface area contributed by atoms with Crippen molar-refractivity contribution in [3.63, 3.8) is 0 Å². The van der Waals surface area contributed by atoms with Crippen molar-refractivity contribution in [2.75, 3.05) is 20.2 Å². The zero-order valence-electron chi connectivity index (χ0n) is 18.5. The third kappa shape index (κ3) is 3.94. The minimum Gasteiger partial charge on any atom is -0.494 e. The smallest absolute Gasteiger partial charge is 0.408 e. The lowest BCUT2D eigenvalue weighted by atomic mass is 10.0. The summed E-state index contributed by atoms with van der Waals surface area (Å²) in [5, 5.41) is 8.75. The quantitative estimate of drug-likeness (QED) is 0.448. The highest BCUT2D eigenvalue weighted by atomic mass is 19.4. The molecular formula is C23H22F4N6O. The zero-order valence-corrected chi connectivity index (χ0v) is 18.5. The van der Waals surface area contributed by atoms with Gasteiger partial charge in [-0.1, -0.05) is 12.1 Å². The minimum absolute atomic E-state index is 0.0548. The number of rotatable bonds is 4. The molecule has 2 atom stereocenters. The Morgan fingerprint density at radius 2 is 1.94 bits per heavy atom. The predicted octanol–water partition coefficient (Wildman–Crippen LogP) is 4.12. The van der Waals surface area contributed by atoms with E-state index in [0.717, 1.165) is 0 Å². The number of alkyl halides is 3. The number of pyridine rings is 2. The van der Waals surface area contributed by atoms with E-state index in [1.165, 1.54) is 46.9 Å². The van der Waals surface area contributed by atoms with Crippen LogP contribution in [-0.2, 0) is 0 Å². The molecule has 3 aromatic heterocycles. The molecular weight excluding hydrogens is 452 g/mol. The van der Waals surface area contributed by atoms with Crippen molar-refractivity contribution >= 4 is 16.6 Å². The summed E-state index contributed by atoms with van der Waals surface area (Å²) in [6.07, 6.45) is -2.63. The Balaban J connectivity index is 1.62. The second kappa shape index (κ2) is 7.88. The summed E-state index contributed by atoms with van der Waals surface area (Å²) in [4.78, 5) is 5.90. The van der Waals surface area contributed by atoms with Gasteiger partial charge in [0.15, 0.2) is 11.5 Å². The van der Waals surface area contributed by atoms with Crippen LogP contribution in [0.15, 0.2) is 42.6 Å². The number of ether oxygens (including phenoxy) is 1. The number of nitrogens with two attached hydrogens (primary N) is 1. The molecule has 1 saturated heterocycles. The van der Waals surface area contributed by atoms with Gasteiger partial charge in [-0.3, -0.25) is 9.30 Å². The lowest BCUT2D eigenvalue weighted by Gasteiger charge is -2.31. The Morgan fingerprint density at radius 3 is 2.62 bits per heavy atom. The van der Waals surface area contributed by atoms with Crippen molar-refractivity contribution in [2.24, 2.45) is 5.73 Å². The topological polar surface area (TPSA) is 81.6 Å². The van der Waals surface area contributed by atoms with Gasteiger partial charge in [0.25, 0.3) is 0 Å². The van der Waals surface area contributed by atoms with E-state index in [1.807, 2.05) is 0 Å². The van der Waals surface area contributed by atoms with Crippen LogP contribution in [0.2, 0.25) is 0 Å². The molecule has 0 bridgehead atoms. The van der Waals surface area contributed by atoms with Crippen molar-refractivity contribution < 1.29 is 22.3 Å². The highest BCUT2D eigenvalue weighted by Crippen LogP contribution is 2.41. The maximum Gasteiger partial charge on any atom is 0.408 e. The first-order chi connectivity index (χ1) is 16.1. The number of hydrogen-bond acceptors (Lipinski definition) is 6. The number of methoxy groups -OCH3 is 1. The SMILES string of the molecule is COc1cc(F)cc2ccc(-c3nnc4ccc([C@H](N5CCC(C)(N)C5)C(F)(F)F)cn34)nc12. The van der Waals surface area contributed by atoms with E-state index in [9.17, 15) is 17.6 Å². The fraction of sp³-hybridized carbons (Fsp3) is 0.348. The average molecular weight is 474 g/mol. The molecule has 4 heterocycles. The molecule has 34 heavy (non-hydrogen) atoms. The second-order valence-corrected chi connectivity index (χ2v) is 8.91. The van der Waals surface area contributed by atoms with Crippen LogP contribution in [0.1, 0.15) is 24.9 Å². The van der Waals surface area contributed by atoms with Crippen LogP contribution in [0.25, 0.3) is 28.1 Å². The molecule has 5 rings (SSSR count). The van der Waals surface area contributed by atoms with Crippen molar-refractivity contribution in [1.82, 2.24) is 24.5 Å². The van der Waals surface area contributed by atoms with Crippen molar-refractivity contribution in [1.29, 1.82) is 0 Å². The van der Waals surface area contributed by atoms with Gasteiger partial charge in [-0.05, 0) is 37.1 Å². The van der Waals surface area contributed by atoms with Gasteiger partial charge in [-0.15, -0.1) is 10.2 Å². The maximum absolute atomic E-state index is 14.2. The number of aromatic nitrogens is 4. The fourth-order valence-electron chi connectivity index (χ4n) is 4.54. The summed E-state index contributed by atoms with van der Waals surface area (Å²) in [7, 11) is 1.41. The normalized spacial score (nSPS) is 20.3. The molecule has 4 aromatic rings. The highest BCUT2D eigenvalue weighted by molar-refractivity contribution is 5.86. The van der Waals surface area contributed by atoms with E-state index in [4.69, 9.17) is 10.5 Å². The third-order valence-corrected chi connectivity index (χ3v) is 6.12. The number of nitrogens with zero attached hydrogens (tertiary/aromatic N) is 5. The van der Waals surface area contributed by atoms with Crippen LogP contribution in [0.4, 0.5) is 17.6 Å². The molecule has 0 aliphatic carbocycles. The molecule has 0 saturated carbocycles. The van der Waals surface area contributed by atoms with Gasteiger partial charge in [0.1, 0.15) is 28.8 Å².